The van der Waals surface area contributed by atoms with Gasteiger partial charge in [-0.2, -0.15) is 0 Å². The Kier molecular flexibility index (Phi) is 8.96. The zero-order valence-corrected chi connectivity index (χ0v) is 21.0. The molecular formula is C22H31IN4O2S. The molecule has 1 aliphatic heterocycles. The number of fused-ring (bicyclic) bond motifs is 1. The van der Waals surface area contributed by atoms with Gasteiger partial charge >= 0.3 is 0 Å². The molecule has 2 N–H and O–H groups in total. The number of aryl methyl sites for hydroxylation is 1. The van der Waals surface area contributed by atoms with Gasteiger partial charge in [0.15, 0.2) is 15.8 Å². The topological polar surface area (TPSA) is 73.8 Å². The maximum Gasteiger partial charge on any atom is 0.191 e. The molecule has 8 heteroatoms. The van der Waals surface area contributed by atoms with Gasteiger partial charge in [-0.3, -0.25) is 4.99 Å². The van der Waals surface area contributed by atoms with Crippen molar-refractivity contribution in [2.45, 2.75) is 30.7 Å². The first-order valence-corrected chi connectivity index (χ1v) is 11.8. The normalized spacial score (nSPS) is 14.0. The van der Waals surface area contributed by atoms with Crippen molar-refractivity contribution < 1.29 is 8.42 Å². The minimum atomic E-state index is -3.15. The van der Waals surface area contributed by atoms with Crippen LogP contribution in [-0.2, 0) is 29.2 Å². The van der Waals surface area contributed by atoms with E-state index in [9.17, 15) is 8.42 Å². The molecular weight excluding hydrogens is 511 g/mol. The SMILES string of the molecule is CN=C(NCCc1ccc(S(C)(=O)=O)cc1)NCc1ccc2c(c1)CCCN2C.I. The van der Waals surface area contributed by atoms with E-state index in [0.717, 1.165) is 37.5 Å². The van der Waals surface area contributed by atoms with Crippen molar-refractivity contribution in [3.63, 3.8) is 0 Å². The second-order valence-electron chi connectivity index (χ2n) is 7.51. The number of hydrogen-bond acceptors (Lipinski definition) is 4. The van der Waals surface area contributed by atoms with Gasteiger partial charge in [-0.1, -0.05) is 24.3 Å². The van der Waals surface area contributed by atoms with E-state index in [2.05, 4.69) is 45.8 Å². The van der Waals surface area contributed by atoms with E-state index in [4.69, 9.17) is 0 Å². The number of guanidine groups is 1. The largest absolute Gasteiger partial charge is 0.374 e. The van der Waals surface area contributed by atoms with E-state index in [1.54, 1.807) is 19.2 Å². The van der Waals surface area contributed by atoms with Crippen LogP contribution in [-0.4, -0.2) is 47.8 Å². The third-order valence-corrected chi connectivity index (χ3v) is 6.36. The number of aliphatic imine (C=N–C) groups is 1. The quantitative estimate of drug-likeness (QED) is 0.334. The fourth-order valence-electron chi connectivity index (χ4n) is 3.58. The van der Waals surface area contributed by atoms with Gasteiger partial charge in [0.05, 0.1) is 4.90 Å². The molecule has 0 fully saturated rings. The summed E-state index contributed by atoms with van der Waals surface area (Å²) in [6.45, 7) is 2.56. The molecule has 0 aliphatic carbocycles. The van der Waals surface area contributed by atoms with Crippen LogP contribution in [0.4, 0.5) is 5.69 Å². The third-order valence-electron chi connectivity index (χ3n) is 5.24. The van der Waals surface area contributed by atoms with Crippen molar-refractivity contribution in [3.8, 4) is 0 Å². The van der Waals surface area contributed by atoms with Crippen molar-refractivity contribution in [1.29, 1.82) is 0 Å². The summed E-state index contributed by atoms with van der Waals surface area (Å²) in [6.07, 6.45) is 4.35. The Labute approximate surface area is 197 Å². The molecule has 1 aliphatic rings. The van der Waals surface area contributed by atoms with Gasteiger partial charge in [0.1, 0.15) is 0 Å². The standard InChI is InChI=1S/C22H30N4O2S.HI/c1-23-22(24-13-12-17-6-9-20(10-7-17)29(3,27)28)25-16-18-8-11-21-19(15-18)5-4-14-26(21)2;/h6-11,15H,4-5,12-14,16H2,1-3H3,(H2,23,24,25);1H. The number of nitrogens with zero attached hydrogens (tertiary/aromatic N) is 2. The predicted octanol–water partition coefficient (Wildman–Crippen LogP) is 3.00. The predicted molar refractivity (Wildman–Crippen MR) is 135 cm³/mol. The number of nitrogens with one attached hydrogen (secondary N) is 2. The third kappa shape index (κ3) is 6.60. The zero-order valence-electron chi connectivity index (χ0n) is 17.8. The van der Waals surface area contributed by atoms with Crippen molar-refractivity contribution in [2.75, 3.05) is 38.3 Å². The number of benzene rings is 2. The van der Waals surface area contributed by atoms with Crippen LogP contribution in [0.3, 0.4) is 0 Å². The Balaban J connectivity index is 0.00000320. The van der Waals surface area contributed by atoms with Crippen LogP contribution in [0.15, 0.2) is 52.4 Å². The van der Waals surface area contributed by atoms with E-state index in [-0.39, 0.29) is 24.0 Å². The molecule has 0 unspecified atom stereocenters. The second kappa shape index (κ2) is 11.0. The highest BCUT2D eigenvalue weighted by atomic mass is 127. The highest BCUT2D eigenvalue weighted by Gasteiger charge is 2.13. The van der Waals surface area contributed by atoms with E-state index in [1.165, 1.54) is 29.5 Å². The monoisotopic (exact) mass is 542 g/mol. The van der Waals surface area contributed by atoms with Gasteiger partial charge in [-0.15, -0.1) is 24.0 Å². The minimum absolute atomic E-state index is 0. The van der Waals surface area contributed by atoms with Crippen LogP contribution in [0.1, 0.15) is 23.1 Å². The molecule has 0 aromatic heterocycles. The molecule has 0 saturated carbocycles. The lowest BCUT2D eigenvalue weighted by Crippen LogP contribution is -2.37. The van der Waals surface area contributed by atoms with Crippen molar-refractivity contribution in [2.24, 2.45) is 4.99 Å². The molecule has 0 bridgehead atoms. The van der Waals surface area contributed by atoms with Gasteiger partial charge < -0.3 is 15.5 Å². The number of halogens is 1. The van der Waals surface area contributed by atoms with Crippen LogP contribution >= 0.6 is 24.0 Å². The number of hydrogen-bond donors (Lipinski definition) is 2. The Morgan fingerprint density at radius 1 is 1.10 bits per heavy atom. The molecule has 0 amide bonds. The molecule has 3 rings (SSSR count). The Morgan fingerprint density at radius 2 is 1.80 bits per heavy atom. The summed E-state index contributed by atoms with van der Waals surface area (Å²) in [7, 11) is 0.764. The molecule has 0 radical (unpaired) electrons. The van der Waals surface area contributed by atoms with E-state index in [0.29, 0.717) is 11.4 Å². The van der Waals surface area contributed by atoms with Gasteiger partial charge in [0.2, 0.25) is 0 Å². The van der Waals surface area contributed by atoms with Crippen LogP contribution in [0.25, 0.3) is 0 Å². The average Bonchev–Trinajstić information content (AvgIpc) is 2.70. The lowest BCUT2D eigenvalue weighted by Gasteiger charge is -2.28. The summed E-state index contributed by atoms with van der Waals surface area (Å²) in [6, 6.07) is 13.7. The van der Waals surface area contributed by atoms with E-state index < -0.39 is 9.84 Å². The summed E-state index contributed by atoms with van der Waals surface area (Å²) >= 11 is 0. The first kappa shape index (κ1) is 24.5. The van der Waals surface area contributed by atoms with E-state index >= 15 is 0 Å². The highest BCUT2D eigenvalue weighted by molar-refractivity contribution is 14.0. The lowest BCUT2D eigenvalue weighted by molar-refractivity contribution is 0.602. The molecule has 164 valence electrons. The average molecular weight is 542 g/mol. The summed E-state index contributed by atoms with van der Waals surface area (Å²) in [4.78, 5) is 6.96. The lowest BCUT2D eigenvalue weighted by atomic mass is 9.99. The smallest absolute Gasteiger partial charge is 0.191 e. The molecule has 2 aromatic rings. The molecule has 6 nitrogen and oxygen atoms in total. The van der Waals surface area contributed by atoms with Crippen molar-refractivity contribution in [1.82, 2.24) is 10.6 Å². The minimum Gasteiger partial charge on any atom is -0.374 e. The summed E-state index contributed by atoms with van der Waals surface area (Å²) in [5, 5.41) is 6.68. The van der Waals surface area contributed by atoms with Crippen molar-refractivity contribution in [3.05, 3.63) is 59.2 Å². The summed E-state index contributed by atoms with van der Waals surface area (Å²) in [5.41, 5.74) is 5.08. The van der Waals surface area contributed by atoms with Crippen LogP contribution in [0, 0.1) is 0 Å². The van der Waals surface area contributed by atoms with Gasteiger partial charge in [-0.25, -0.2) is 8.42 Å². The molecule has 2 aromatic carbocycles. The molecule has 1 heterocycles. The Bertz CT molecular complexity index is 975. The fraction of sp³-hybridized carbons (Fsp3) is 0.409. The molecule has 0 saturated heterocycles. The number of rotatable bonds is 6. The fourth-order valence-corrected chi connectivity index (χ4v) is 4.21. The molecule has 30 heavy (non-hydrogen) atoms. The summed E-state index contributed by atoms with van der Waals surface area (Å²) < 4.78 is 23.1. The first-order chi connectivity index (χ1) is 13.9. The summed E-state index contributed by atoms with van der Waals surface area (Å²) in [5.74, 6) is 0.757. The number of anilines is 1. The Morgan fingerprint density at radius 3 is 2.47 bits per heavy atom. The van der Waals surface area contributed by atoms with Gasteiger partial charge in [0, 0.05) is 45.7 Å². The number of sulfone groups is 1. The van der Waals surface area contributed by atoms with Gasteiger partial charge in [0.25, 0.3) is 0 Å². The zero-order chi connectivity index (χ0) is 20.9. The second-order valence-corrected chi connectivity index (χ2v) is 9.52. The van der Waals surface area contributed by atoms with Crippen molar-refractivity contribution >= 4 is 45.5 Å². The maximum atomic E-state index is 11.5. The van der Waals surface area contributed by atoms with Crippen LogP contribution in [0.5, 0.6) is 0 Å². The van der Waals surface area contributed by atoms with Crippen LogP contribution < -0.4 is 15.5 Å². The highest BCUT2D eigenvalue weighted by Crippen LogP contribution is 2.26. The molecule has 0 atom stereocenters. The first-order valence-electron chi connectivity index (χ1n) is 9.93. The Hall–Kier alpha value is -1.81. The van der Waals surface area contributed by atoms with E-state index in [1.807, 2.05) is 12.1 Å². The van der Waals surface area contributed by atoms with Crippen LogP contribution in [0.2, 0.25) is 0 Å². The van der Waals surface area contributed by atoms with Gasteiger partial charge in [-0.05, 0) is 54.2 Å². The molecule has 0 spiro atoms. The maximum absolute atomic E-state index is 11.5.